The van der Waals surface area contributed by atoms with Gasteiger partial charge in [0.25, 0.3) is 0 Å². The van der Waals surface area contributed by atoms with E-state index in [0.717, 1.165) is 11.3 Å². The molecule has 0 N–H and O–H groups in total. The first-order valence-corrected chi connectivity index (χ1v) is 7.08. The van der Waals surface area contributed by atoms with Crippen LogP contribution in [0.1, 0.15) is 53.6 Å². The minimum atomic E-state index is -0.0818. The Balaban J connectivity index is 1.68. The molecule has 0 unspecified atom stereocenters. The molecule has 0 radical (unpaired) electrons. The number of ketones is 1. The zero-order valence-electron chi connectivity index (χ0n) is 11.6. The molecule has 0 saturated heterocycles. The lowest BCUT2D eigenvalue weighted by Gasteiger charge is -2.08. The van der Waals surface area contributed by atoms with Crippen LogP contribution >= 0.6 is 0 Å². The summed E-state index contributed by atoms with van der Waals surface area (Å²) >= 11 is 0. The van der Waals surface area contributed by atoms with Crippen molar-refractivity contribution >= 4 is 5.78 Å². The van der Waals surface area contributed by atoms with E-state index in [9.17, 15) is 4.79 Å². The molecule has 0 amide bonds. The Morgan fingerprint density at radius 1 is 1.30 bits per heavy atom. The Morgan fingerprint density at radius 2 is 2.00 bits per heavy atom. The smallest absolute Gasteiger partial charge is 0.206 e. The highest BCUT2D eigenvalue weighted by atomic mass is 16.1. The lowest BCUT2D eigenvalue weighted by Crippen LogP contribution is -2.10. The van der Waals surface area contributed by atoms with E-state index in [1.165, 1.54) is 25.7 Å². The number of carbonyl (C=O) groups is 1. The fourth-order valence-corrected chi connectivity index (χ4v) is 2.62. The van der Waals surface area contributed by atoms with E-state index in [1.54, 1.807) is 12.4 Å². The molecule has 1 aliphatic rings. The summed E-state index contributed by atoms with van der Waals surface area (Å²) in [6, 6.07) is 2.43. The van der Waals surface area contributed by atoms with Crippen molar-refractivity contribution in [2.45, 2.75) is 45.1 Å². The first kappa shape index (κ1) is 13.0. The highest BCUT2D eigenvalue weighted by Gasteiger charge is 2.18. The Morgan fingerprint density at radius 3 is 2.70 bits per heavy atom. The Kier molecular flexibility index (Phi) is 3.58. The van der Waals surface area contributed by atoms with Gasteiger partial charge >= 0.3 is 0 Å². The monoisotopic (exact) mass is 270 g/mol. The highest BCUT2D eigenvalue weighted by Crippen LogP contribution is 2.28. The lowest BCUT2D eigenvalue weighted by molar-refractivity contribution is 0.0981. The second kappa shape index (κ2) is 5.53. The van der Waals surface area contributed by atoms with Gasteiger partial charge in [-0.05, 0) is 31.4 Å². The van der Waals surface area contributed by atoms with Gasteiger partial charge in [-0.15, -0.1) is 0 Å². The maximum Gasteiger partial charge on any atom is 0.206 e. The minimum Gasteiger partial charge on any atom is -0.290 e. The van der Waals surface area contributed by atoms with E-state index >= 15 is 0 Å². The molecule has 1 aliphatic carbocycles. The van der Waals surface area contributed by atoms with Crippen LogP contribution in [0.15, 0.2) is 24.7 Å². The van der Waals surface area contributed by atoms with Crippen molar-refractivity contribution < 1.29 is 4.79 Å². The molecule has 1 saturated carbocycles. The molecule has 3 rings (SSSR count). The third kappa shape index (κ3) is 2.76. The predicted octanol–water partition coefficient (Wildman–Crippen LogP) is 2.52. The molecule has 0 atom stereocenters. The molecule has 0 bridgehead atoms. The van der Waals surface area contributed by atoms with Gasteiger partial charge in [-0.25, -0.2) is 9.97 Å². The van der Waals surface area contributed by atoms with Crippen LogP contribution in [0.5, 0.6) is 0 Å². The molecule has 2 aromatic rings. The van der Waals surface area contributed by atoms with Crippen LogP contribution in [0.25, 0.3) is 0 Å². The average Bonchev–Trinajstić information content (AvgIpc) is 3.09. The zero-order chi connectivity index (χ0) is 13.9. The van der Waals surface area contributed by atoms with Crippen molar-refractivity contribution in [2.75, 3.05) is 0 Å². The molecule has 0 aliphatic heterocycles. The SMILES string of the molecule is Cc1cnc(C(=O)Cc2ccn(C3CCCC3)n2)nc1. The number of aromatic nitrogens is 4. The van der Waals surface area contributed by atoms with E-state index in [0.29, 0.717) is 6.04 Å². The summed E-state index contributed by atoms with van der Waals surface area (Å²) in [5.41, 5.74) is 1.75. The van der Waals surface area contributed by atoms with Crippen LogP contribution in [-0.4, -0.2) is 25.5 Å². The summed E-state index contributed by atoms with van der Waals surface area (Å²) in [7, 11) is 0. The molecule has 0 aromatic carbocycles. The van der Waals surface area contributed by atoms with Gasteiger partial charge < -0.3 is 0 Å². The first-order valence-electron chi connectivity index (χ1n) is 7.08. The van der Waals surface area contributed by atoms with Gasteiger partial charge in [0.05, 0.1) is 18.2 Å². The lowest BCUT2D eigenvalue weighted by atomic mass is 10.2. The highest BCUT2D eigenvalue weighted by molar-refractivity contribution is 5.93. The molecular formula is C15H18N4O. The summed E-state index contributed by atoms with van der Waals surface area (Å²) in [4.78, 5) is 20.2. The predicted molar refractivity (Wildman–Crippen MR) is 74.5 cm³/mol. The second-order valence-corrected chi connectivity index (χ2v) is 5.41. The number of Topliss-reactive ketones (excluding diaryl/α,β-unsaturated/α-hetero) is 1. The molecule has 104 valence electrons. The van der Waals surface area contributed by atoms with Gasteiger partial charge in [-0.2, -0.15) is 5.10 Å². The number of rotatable bonds is 4. The molecule has 5 nitrogen and oxygen atoms in total. The van der Waals surface area contributed by atoms with Gasteiger partial charge in [0.1, 0.15) is 0 Å². The van der Waals surface area contributed by atoms with E-state index in [1.807, 2.05) is 23.9 Å². The summed E-state index contributed by atoms with van der Waals surface area (Å²) in [6.45, 7) is 1.90. The van der Waals surface area contributed by atoms with Gasteiger partial charge in [0.2, 0.25) is 5.78 Å². The van der Waals surface area contributed by atoms with Gasteiger partial charge in [-0.1, -0.05) is 12.8 Å². The van der Waals surface area contributed by atoms with Crippen LogP contribution in [0.2, 0.25) is 0 Å². The Bertz CT molecular complexity index is 597. The average molecular weight is 270 g/mol. The van der Waals surface area contributed by atoms with E-state index in [-0.39, 0.29) is 18.0 Å². The minimum absolute atomic E-state index is 0.0818. The van der Waals surface area contributed by atoms with Gasteiger partial charge in [0, 0.05) is 18.6 Å². The molecule has 0 spiro atoms. The van der Waals surface area contributed by atoms with E-state index < -0.39 is 0 Å². The van der Waals surface area contributed by atoms with E-state index in [2.05, 4.69) is 15.1 Å². The standard InChI is InChI=1S/C15H18N4O/c1-11-9-16-15(17-10-11)14(20)8-12-6-7-19(18-12)13-4-2-3-5-13/h6-7,9-10,13H,2-5,8H2,1H3. The maximum atomic E-state index is 12.1. The van der Waals surface area contributed by atoms with Crippen LogP contribution in [-0.2, 0) is 6.42 Å². The van der Waals surface area contributed by atoms with Gasteiger partial charge in [-0.3, -0.25) is 9.48 Å². The fourth-order valence-electron chi connectivity index (χ4n) is 2.62. The quantitative estimate of drug-likeness (QED) is 0.801. The van der Waals surface area contributed by atoms with Gasteiger partial charge in [0.15, 0.2) is 5.82 Å². The van der Waals surface area contributed by atoms with Crippen molar-refractivity contribution in [3.63, 3.8) is 0 Å². The zero-order valence-corrected chi connectivity index (χ0v) is 11.6. The van der Waals surface area contributed by atoms with Crippen molar-refractivity contribution in [1.82, 2.24) is 19.7 Å². The molecule has 2 aromatic heterocycles. The van der Waals surface area contributed by atoms with Crippen LogP contribution in [0.3, 0.4) is 0 Å². The molecular weight excluding hydrogens is 252 g/mol. The summed E-state index contributed by atoms with van der Waals surface area (Å²) in [5, 5.41) is 4.52. The third-order valence-corrected chi connectivity index (χ3v) is 3.73. The van der Waals surface area contributed by atoms with Crippen LogP contribution in [0.4, 0.5) is 0 Å². The van der Waals surface area contributed by atoms with Crippen molar-refractivity contribution in [3.05, 3.63) is 41.7 Å². The van der Waals surface area contributed by atoms with Crippen molar-refractivity contribution in [3.8, 4) is 0 Å². The Hall–Kier alpha value is -2.04. The second-order valence-electron chi connectivity index (χ2n) is 5.41. The number of nitrogens with zero attached hydrogens (tertiary/aromatic N) is 4. The Labute approximate surface area is 118 Å². The largest absolute Gasteiger partial charge is 0.290 e. The molecule has 2 heterocycles. The number of hydrogen-bond acceptors (Lipinski definition) is 4. The molecule has 1 fully saturated rings. The fraction of sp³-hybridized carbons (Fsp3) is 0.467. The number of carbonyl (C=O) groups excluding carboxylic acids is 1. The topological polar surface area (TPSA) is 60.7 Å². The summed E-state index contributed by atoms with van der Waals surface area (Å²) in [6.07, 6.45) is 10.5. The first-order chi connectivity index (χ1) is 9.72. The van der Waals surface area contributed by atoms with Crippen molar-refractivity contribution in [2.24, 2.45) is 0 Å². The summed E-state index contributed by atoms with van der Waals surface area (Å²) in [5.74, 6) is 0.188. The van der Waals surface area contributed by atoms with Crippen molar-refractivity contribution in [1.29, 1.82) is 0 Å². The van der Waals surface area contributed by atoms with E-state index in [4.69, 9.17) is 0 Å². The van der Waals surface area contributed by atoms with Crippen LogP contribution in [0, 0.1) is 6.92 Å². The number of aryl methyl sites for hydroxylation is 1. The normalized spacial score (nSPS) is 15.7. The van der Waals surface area contributed by atoms with Crippen LogP contribution < -0.4 is 0 Å². The third-order valence-electron chi connectivity index (χ3n) is 3.73. The number of hydrogen-bond donors (Lipinski definition) is 0. The molecule has 20 heavy (non-hydrogen) atoms. The molecule has 5 heteroatoms. The maximum absolute atomic E-state index is 12.1. The summed E-state index contributed by atoms with van der Waals surface area (Å²) < 4.78 is 2.01.